The van der Waals surface area contributed by atoms with E-state index in [0.717, 1.165) is 0 Å². The van der Waals surface area contributed by atoms with Crippen LogP contribution in [0.4, 0.5) is 0 Å². The number of carbonyl (C=O) groups is 2. The zero-order valence-electron chi connectivity index (χ0n) is 6.66. The van der Waals surface area contributed by atoms with Crippen LogP contribution in [-0.4, -0.2) is 30.5 Å². The van der Waals surface area contributed by atoms with E-state index in [4.69, 9.17) is 5.73 Å². The number of nitrogens with one attached hydrogen (secondary N) is 2. The molecule has 1 aliphatic heterocycles. The van der Waals surface area contributed by atoms with Crippen molar-refractivity contribution in [2.45, 2.75) is 19.0 Å². The molecular weight excluding hydrogens is 162 g/mol. The van der Waals surface area contributed by atoms with Crippen LogP contribution in [0, 0.1) is 0 Å². The highest BCUT2D eigenvalue weighted by Gasteiger charge is 2.27. The Balaban J connectivity index is 2.40. The van der Waals surface area contributed by atoms with Gasteiger partial charge in [0.05, 0.1) is 6.04 Å². The molecule has 0 aromatic carbocycles. The summed E-state index contributed by atoms with van der Waals surface area (Å²) in [6.07, 6.45) is 0. The first-order valence-electron chi connectivity index (χ1n) is 3.59. The molecule has 0 aromatic heterocycles. The van der Waals surface area contributed by atoms with Crippen LogP contribution in [0.2, 0.25) is 0 Å². The number of hydrogen-bond acceptors (Lipinski definition) is 4. The maximum absolute atomic E-state index is 11.0. The molecule has 68 valence electrons. The van der Waals surface area contributed by atoms with Gasteiger partial charge in [-0.15, -0.1) is 0 Å². The van der Waals surface area contributed by atoms with E-state index in [1.807, 2.05) is 0 Å². The molecule has 0 aliphatic carbocycles. The van der Waals surface area contributed by atoms with E-state index in [0.29, 0.717) is 0 Å². The van der Waals surface area contributed by atoms with Gasteiger partial charge in [0.1, 0.15) is 12.6 Å². The lowest BCUT2D eigenvalue weighted by Gasteiger charge is -2.09. The standard InChI is InChI=1S/C6H11N3O3/c1-3(7)5(10)8-4-2-12-9-6(4)11/h3-4H,2,7H2,1H3,(H,8,10)(H,9,11)/t3-,4-/m1/s1. The zero-order chi connectivity index (χ0) is 9.14. The van der Waals surface area contributed by atoms with E-state index in [1.165, 1.54) is 0 Å². The third kappa shape index (κ3) is 1.93. The lowest BCUT2D eigenvalue weighted by Crippen LogP contribution is -2.47. The summed E-state index contributed by atoms with van der Waals surface area (Å²) in [5.41, 5.74) is 7.39. The molecule has 6 nitrogen and oxygen atoms in total. The molecule has 0 spiro atoms. The predicted octanol–water partition coefficient (Wildman–Crippen LogP) is -2.12. The zero-order valence-corrected chi connectivity index (χ0v) is 6.66. The molecule has 0 unspecified atom stereocenters. The Hall–Kier alpha value is -1.14. The normalized spacial score (nSPS) is 24.8. The first-order valence-corrected chi connectivity index (χ1v) is 3.59. The summed E-state index contributed by atoms with van der Waals surface area (Å²) in [5.74, 6) is -0.704. The molecule has 4 N–H and O–H groups in total. The van der Waals surface area contributed by atoms with Gasteiger partial charge in [-0.1, -0.05) is 0 Å². The van der Waals surface area contributed by atoms with Crippen molar-refractivity contribution < 1.29 is 14.4 Å². The van der Waals surface area contributed by atoms with Crippen LogP contribution >= 0.6 is 0 Å². The molecule has 0 saturated carbocycles. The molecule has 1 fully saturated rings. The van der Waals surface area contributed by atoms with Gasteiger partial charge in [0.2, 0.25) is 5.91 Å². The Bertz CT molecular complexity index is 204. The van der Waals surface area contributed by atoms with E-state index in [2.05, 4.69) is 15.6 Å². The highest BCUT2D eigenvalue weighted by molar-refractivity contribution is 5.89. The van der Waals surface area contributed by atoms with Crippen molar-refractivity contribution in [2.75, 3.05) is 6.61 Å². The van der Waals surface area contributed by atoms with Gasteiger partial charge < -0.3 is 11.1 Å². The molecule has 1 aliphatic rings. The maximum Gasteiger partial charge on any atom is 0.268 e. The maximum atomic E-state index is 11.0. The fourth-order valence-corrected chi connectivity index (χ4v) is 0.753. The van der Waals surface area contributed by atoms with Crippen molar-refractivity contribution in [2.24, 2.45) is 5.73 Å². The van der Waals surface area contributed by atoms with Crippen LogP contribution in [0.5, 0.6) is 0 Å². The van der Waals surface area contributed by atoms with Gasteiger partial charge in [-0.2, -0.15) is 0 Å². The van der Waals surface area contributed by atoms with Crippen LogP contribution in [-0.2, 0) is 14.4 Å². The molecule has 1 saturated heterocycles. The average Bonchev–Trinajstić information content (AvgIpc) is 2.36. The van der Waals surface area contributed by atoms with E-state index >= 15 is 0 Å². The predicted molar refractivity (Wildman–Crippen MR) is 39.7 cm³/mol. The minimum absolute atomic E-state index is 0.150. The topological polar surface area (TPSA) is 93.5 Å². The second-order valence-corrected chi connectivity index (χ2v) is 2.63. The van der Waals surface area contributed by atoms with Crippen LogP contribution in [0.15, 0.2) is 0 Å². The molecule has 0 aromatic rings. The van der Waals surface area contributed by atoms with Gasteiger partial charge >= 0.3 is 0 Å². The van der Waals surface area contributed by atoms with E-state index in [1.54, 1.807) is 6.92 Å². The molecule has 12 heavy (non-hydrogen) atoms. The van der Waals surface area contributed by atoms with Crippen molar-refractivity contribution in [3.05, 3.63) is 0 Å². The molecule has 1 heterocycles. The second kappa shape index (κ2) is 3.51. The highest BCUT2D eigenvalue weighted by Crippen LogP contribution is 1.94. The largest absolute Gasteiger partial charge is 0.341 e. The summed E-state index contributed by atoms with van der Waals surface area (Å²) in [7, 11) is 0. The fourth-order valence-electron chi connectivity index (χ4n) is 0.753. The molecule has 1 rings (SSSR count). The lowest BCUT2D eigenvalue weighted by molar-refractivity contribution is -0.129. The van der Waals surface area contributed by atoms with Crippen LogP contribution in [0.25, 0.3) is 0 Å². The third-order valence-electron chi connectivity index (χ3n) is 1.47. The third-order valence-corrected chi connectivity index (χ3v) is 1.47. The Morgan fingerprint density at radius 1 is 1.92 bits per heavy atom. The van der Waals surface area contributed by atoms with Crippen molar-refractivity contribution in [1.29, 1.82) is 0 Å². The number of carbonyl (C=O) groups excluding carboxylic acids is 2. The van der Waals surface area contributed by atoms with Crippen molar-refractivity contribution >= 4 is 11.8 Å². The number of hydrogen-bond donors (Lipinski definition) is 3. The number of amides is 2. The van der Waals surface area contributed by atoms with Gasteiger partial charge in [0.15, 0.2) is 0 Å². The van der Waals surface area contributed by atoms with Gasteiger partial charge in [-0.3, -0.25) is 14.4 Å². The Morgan fingerprint density at radius 3 is 3.00 bits per heavy atom. The van der Waals surface area contributed by atoms with Gasteiger partial charge in [-0.25, -0.2) is 5.48 Å². The summed E-state index contributed by atoms with van der Waals surface area (Å²) in [6.45, 7) is 1.69. The van der Waals surface area contributed by atoms with E-state index < -0.39 is 12.1 Å². The van der Waals surface area contributed by atoms with Gasteiger partial charge in [-0.05, 0) is 6.92 Å². The van der Waals surface area contributed by atoms with E-state index in [9.17, 15) is 9.59 Å². The van der Waals surface area contributed by atoms with Crippen LogP contribution in [0.1, 0.15) is 6.92 Å². The summed E-state index contributed by atoms with van der Waals surface area (Å²) in [5, 5.41) is 2.43. The summed E-state index contributed by atoms with van der Waals surface area (Å²) < 4.78 is 0. The number of hydroxylamine groups is 1. The number of rotatable bonds is 2. The minimum Gasteiger partial charge on any atom is -0.341 e. The average molecular weight is 173 g/mol. The highest BCUT2D eigenvalue weighted by atomic mass is 16.7. The van der Waals surface area contributed by atoms with Crippen molar-refractivity contribution in [3.8, 4) is 0 Å². The van der Waals surface area contributed by atoms with Gasteiger partial charge in [0.25, 0.3) is 5.91 Å². The first-order chi connectivity index (χ1) is 5.61. The Labute approximate surface area is 69.4 Å². The Kier molecular flexibility index (Phi) is 2.61. The smallest absolute Gasteiger partial charge is 0.268 e. The molecule has 2 atom stereocenters. The van der Waals surface area contributed by atoms with E-state index in [-0.39, 0.29) is 18.4 Å². The summed E-state index contributed by atoms with van der Waals surface area (Å²) >= 11 is 0. The minimum atomic E-state index is -0.613. The molecular formula is C6H11N3O3. The number of nitrogens with two attached hydrogens (primary N) is 1. The van der Waals surface area contributed by atoms with Gasteiger partial charge in [0, 0.05) is 0 Å². The molecule has 0 radical (unpaired) electrons. The lowest BCUT2D eigenvalue weighted by atomic mass is 10.2. The summed E-state index contributed by atoms with van der Waals surface area (Å²) in [4.78, 5) is 26.4. The Morgan fingerprint density at radius 2 is 2.58 bits per heavy atom. The van der Waals surface area contributed by atoms with Crippen LogP contribution < -0.4 is 16.5 Å². The van der Waals surface area contributed by atoms with Crippen LogP contribution in [0.3, 0.4) is 0 Å². The second-order valence-electron chi connectivity index (χ2n) is 2.63. The fraction of sp³-hybridized carbons (Fsp3) is 0.667. The monoisotopic (exact) mass is 173 g/mol. The molecule has 0 bridgehead atoms. The first kappa shape index (κ1) is 8.95. The summed E-state index contributed by atoms with van der Waals surface area (Å²) in [6, 6.07) is -1.22. The SMILES string of the molecule is C[C@@H](N)C(=O)N[C@@H]1CONC1=O. The van der Waals surface area contributed by atoms with Crippen molar-refractivity contribution in [3.63, 3.8) is 0 Å². The quantitative estimate of drug-likeness (QED) is 0.445. The molecule has 6 heteroatoms. The van der Waals surface area contributed by atoms with Crippen molar-refractivity contribution in [1.82, 2.24) is 10.8 Å². The molecule has 2 amide bonds.